The van der Waals surface area contributed by atoms with Crippen molar-refractivity contribution in [2.75, 3.05) is 25.1 Å². The summed E-state index contributed by atoms with van der Waals surface area (Å²) in [6.45, 7) is 6.57. The first kappa shape index (κ1) is 29.5. The number of carbonyl (C=O) groups is 4. The number of benzene rings is 2. The monoisotopic (exact) mass is 624 g/mol. The Balaban J connectivity index is 1.74. The van der Waals surface area contributed by atoms with Crippen LogP contribution in [0.1, 0.15) is 31.9 Å². The summed E-state index contributed by atoms with van der Waals surface area (Å²) < 4.78 is 16.9. The van der Waals surface area contributed by atoms with Gasteiger partial charge in [0, 0.05) is 10.7 Å². The fourth-order valence-electron chi connectivity index (χ4n) is 3.30. The molecular weight excluding hydrogens is 600 g/mol. The van der Waals surface area contributed by atoms with E-state index in [0.717, 1.165) is 22.2 Å². The SMILES string of the molecule is CCOc1cc(/C=C2\SC(=O)N(CC(=O)OC(C)C)C2=O)cc(Br)c1OCC(=O)Nc1ccc(C)c(Cl)c1. The number of hydrogen-bond donors (Lipinski definition) is 1. The van der Waals surface area contributed by atoms with E-state index in [2.05, 4.69) is 21.2 Å². The van der Waals surface area contributed by atoms with Crippen molar-refractivity contribution in [3.8, 4) is 11.5 Å². The number of nitrogens with zero attached hydrogens (tertiary/aromatic N) is 1. The van der Waals surface area contributed by atoms with Crippen LogP contribution >= 0.6 is 39.3 Å². The lowest BCUT2D eigenvalue weighted by atomic mass is 10.2. The van der Waals surface area contributed by atoms with Crippen LogP contribution in [0.25, 0.3) is 6.08 Å². The third kappa shape index (κ3) is 7.75. The molecule has 2 aromatic rings. The van der Waals surface area contributed by atoms with E-state index >= 15 is 0 Å². The van der Waals surface area contributed by atoms with E-state index in [1.807, 2.05) is 6.92 Å². The Morgan fingerprint density at radius 3 is 2.58 bits per heavy atom. The molecule has 1 saturated heterocycles. The number of aryl methyl sites for hydroxylation is 1. The van der Waals surface area contributed by atoms with Crippen molar-refractivity contribution in [1.82, 2.24) is 4.90 Å². The zero-order valence-electron chi connectivity index (χ0n) is 21.1. The Hall–Kier alpha value is -3.02. The van der Waals surface area contributed by atoms with Gasteiger partial charge in [-0.3, -0.25) is 24.1 Å². The van der Waals surface area contributed by atoms with Crippen LogP contribution < -0.4 is 14.8 Å². The normalized spacial score (nSPS) is 14.3. The first-order valence-electron chi connectivity index (χ1n) is 11.6. The molecule has 202 valence electrons. The Labute approximate surface area is 237 Å². The molecule has 0 unspecified atom stereocenters. The molecule has 1 heterocycles. The molecule has 0 aliphatic carbocycles. The third-order valence-electron chi connectivity index (χ3n) is 4.96. The van der Waals surface area contributed by atoms with Crippen LogP contribution in [0.5, 0.6) is 11.5 Å². The Bertz CT molecular complexity index is 1300. The number of thioether (sulfide) groups is 1. The lowest BCUT2D eigenvalue weighted by Crippen LogP contribution is -2.35. The largest absolute Gasteiger partial charge is 0.490 e. The first-order valence-corrected chi connectivity index (χ1v) is 13.6. The predicted octanol–water partition coefficient (Wildman–Crippen LogP) is 5.82. The molecule has 0 bridgehead atoms. The maximum absolute atomic E-state index is 12.8. The molecule has 3 rings (SSSR count). The lowest BCUT2D eigenvalue weighted by molar-refractivity contribution is -0.149. The van der Waals surface area contributed by atoms with Crippen molar-refractivity contribution in [2.45, 2.75) is 33.8 Å². The number of nitrogens with one attached hydrogen (secondary N) is 1. The minimum atomic E-state index is -0.666. The smallest absolute Gasteiger partial charge is 0.326 e. The molecule has 0 saturated carbocycles. The standard InChI is InChI=1S/C26H26BrClN2O7S/c1-5-35-20-9-16(10-21-25(33)30(26(34)38-21)12-23(32)37-14(2)3)8-18(27)24(20)36-13-22(31)29-17-7-6-15(4)19(28)11-17/h6-11,14H,5,12-13H2,1-4H3,(H,29,31)/b21-10-. The molecule has 0 aromatic heterocycles. The second-order valence-corrected chi connectivity index (χ2v) is 10.6. The van der Waals surface area contributed by atoms with Crippen LogP contribution in [0.15, 0.2) is 39.7 Å². The highest BCUT2D eigenvalue weighted by molar-refractivity contribution is 9.10. The highest BCUT2D eigenvalue weighted by Crippen LogP contribution is 2.39. The Kier molecular flexibility index (Phi) is 10.2. The molecule has 1 aliphatic rings. The summed E-state index contributed by atoms with van der Waals surface area (Å²) in [5, 5.41) is 2.70. The van der Waals surface area contributed by atoms with E-state index in [-0.39, 0.29) is 17.6 Å². The number of ether oxygens (including phenoxy) is 3. The van der Waals surface area contributed by atoms with Gasteiger partial charge in [-0.05, 0) is 96.9 Å². The number of anilines is 1. The average molecular weight is 626 g/mol. The Morgan fingerprint density at radius 2 is 1.92 bits per heavy atom. The topological polar surface area (TPSA) is 111 Å². The number of hydrogen-bond acceptors (Lipinski definition) is 8. The minimum Gasteiger partial charge on any atom is -0.490 e. The quantitative estimate of drug-likeness (QED) is 0.260. The van der Waals surface area contributed by atoms with Gasteiger partial charge in [-0.15, -0.1) is 0 Å². The molecule has 3 amide bonds. The van der Waals surface area contributed by atoms with Crippen LogP contribution in [0, 0.1) is 6.92 Å². The van der Waals surface area contributed by atoms with E-state index in [4.69, 9.17) is 25.8 Å². The maximum atomic E-state index is 12.8. The number of amides is 3. The third-order valence-corrected chi connectivity index (χ3v) is 6.86. The van der Waals surface area contributed by atoms with E-state index in [0.29, 0.717) is 38.9 Å². The number of carbonyl (C=O) groups excluding carboxylic acids is 4. The zero-order valence-corrected chi connectivity index (χ0v) is 24.3. The summed E-state index contributed by atoms with van der Waals surface area (Å²) in [6, 6.07) is 8.48. The molecule has 9 nitrogen and oxygen atoms in total. The van der Waals surface area contributed by atoms with Crippen molar-refractivity contribution < 1.29 is 33.4 Å². The minimum absolute atomic E-state index is 0.145. The van der Waals surface area contributed by atoms with Gasteiger partial charge in [0.2, 0.25) is 0 Å². The molecule has 1 N–H and O–H groups in total. The molecular formula is C26H26BrClN2O7S. The second-order valence-electron chi connectivity index (χ2n) is 8.37. The molecule has 1 aliphatic heterocycles. The summed E-state index contributed by atoms with van der Waals surface area (Å²) >= 11 is 10.3. The lowest BCUT2D eigenvalue weighted by Gasteiger charge is -2.15. The summed E-state index contributed by atoms with van der Waals surface area (Å²) in [7, 11) is 0. The van der Waals surface area contributed by atoms with Crippen LogP contribution in [-0.2, 0) is 19.1 Å². The number of rotatable bonds is 10. The van der Waals surface area contributed by atoms with Crippen molar-refractivity contribution in [3.05, 3.63) is 55.9 Å². The highest BCUT2D eigenvalue weighted by atomic mass is 79.9. The summed E-state index contributed by atoms with van der Waals surface area (Å²) in [5.74, 6) is -1.03. The zero-order chi connectivity index (χ0) is 28.0. The van der Waals surface area contributed by atoms with Crippen molar-refractivity contribution >= 4 is 74.1 Å². The van der Waals surface area contributed by atoms with Gasteiger partial charge in [0.1, 0.15) is 6.54 Å². The number of halogens is 2. The van der Waals surface area contributed by atoms with Gasteiger partial charge < -0.3 is 19.5 Å². The van der Waals surface area contributed by atoms with Gasteiger partial charge in [-0.2, -0.15) is 0 Å². The van der Waals surface area contributed by atoms with Gasteiger partial charge in [-0.1, -0.05) is 17.7 Å². The highest BCUT2D eigenvalue weighted by Gasteiger charge is 2.37. The van der Waals surface area contributed by atoms with Crippen LogP contribution in [-0.4, -0.2) is 53.8 Å². The summed E-state index contributed by atoms with van der Waals surface area (Å²) in [4.78, 5) is 50.5. The van der Waals surface area contributed by atoms with Gasteiger partial charge in [0.05, 0.1) is 22.1 Å². The second kappa shape index (κ2) is 13.2. The van der Waals surface area contributed by atoms with E-state index in [1.165, 1.54) is 6.08 Å². The fraction of sp³-hybridized carbons (Fsp3) is 0.308. The van der Waals surface area contributed by atoms with Gasteiger partial charge in [0.15, 0.2) is 18.1 Å². The molecule has 38 heavy (non-hydrogen) atoms. The molecule has 12 heteroatoms. The summed E-state index contributed by atoms with van der Waals surface area (Å²) in [5.41, 5.74) is 1.98. The van der Waals surface area contributed by atoms with E-state index in [9.17, 15) is 19.2 Å². The molecule has 0 atom stereocenters. The molecule has 1 fully saturated rings. The first-order chi connectivity index (χ1) is 18.0. The number of esters is 1. The van der Waals surface area contributed by atoms with Crippen molar-refractivity contribution in [3.63, 3.8) is 0 Å². The van der Waals surface area contributed by atoms with E-state index < -0.39 is 29.6 Å². The average Bonchev–Trinajstić information content (AvgIpc) is 3.08. The van der Waals surface area contributed by atoms with Gasteiger partial charge in [0.25, 0.3) is 17.1 Å². The summed E-state index contributed by atoms with van der Waals surface area (Å²) in [6.07, 6.45) is 1.16. The molecule has 2 aromatic carbocycles. The molecule has 0 spiro atoms. The number of imide groups is 1. The van der Waals surface area contributed by atoms with E-state index in [1.54, 1.807) is 51.1 Å². The molecule has 0 radical (unpaired) electrons. The fourth-order valence-corrected chi connectivity index (χ4v) is 4.89. The van der Waals surface area contributed by atoms with Crippen molar-refractivity contribution in [2.24, 2.45) is 0 Å². The maximum Gasteiger partial charge on any atom is 0.326 e. The predicted molar refractivity (Wildman–Crippen MR) is 150 cm³/mol. The van der Waals surface area contributed by atoms with Gasteiger partial charge in [-0.25, -0.2) is 0 Å². The van der Waals surface area contributed by atoms with Crippen LogP contribution in [0.3, 0.4) is 0 Å². The van der Waals surface area contributed by atoms with Crippen LogP contribution in [0.4, 0.5) is 10.5 Å². The van der Waals surface area contributed by atoms with Gasteiger partial charge >= 0.3 is 5.97 Å². The van der Waals surface area contributed by atoms with Crippen molar-refractivity contribution in [1.29, 1.82) is 0 Å². The Morgan fingerprint density at radius 1 is 1.18 bits per heavy atom. The van der Waals surface area contributed by atoms with Crippen LogP contribution in [0.2, 0.25) is 5.02 Å².